The number of carbonyl (C=O) groups excluding carboxylic acids is 1. The number of pyridine rings is 1. The highest BCUT2D eigenvalue weighted by Crippen LogP contribution is 2.44. The average molecular weight is 408 g/mol. The molecule has 3 aromatic heterocycles. The van der Waals surface area contributed by atoms with Gasteiger partial charge in [-0.05, 0) is 52.5 Å². The quantitative estimate of drug-likeness (QED) is 0.699. The van der Waals surface area contributed by atoms with E-state index in [1.54, 1.807) is 0 Å². The molecule has 7 heteroatoms. The van der Waals surface area contributed by atoms with Gasteiger partial charge in [-0.15, -0.1) is 0 Å². The Morgan fingerprint density at radius 3 is 2.60 bits per heavy atom. The molecule has 2 atom stereocenters. The molecule has 3 aromatic rings. The van der Waals surface area contributed by atoms with Crippen molar-refractivity contribution in [1.82, 2.24) is 24.7 Å². The van der Waals surface area contributed by atoms with Gasteiger partial charge in [-0.25, -0.2) is 4.52 Å². The first-order chi connectivity index (χ1) is 14.3. The Kier molecular flexibility index (Phi) is 4.38. The summed E-state index contributed by atoms with van der Waals surface area (Å²) in [4.78, 5) is 11.7. The number of ether oxygens (including phenoxy) is 1. The first kappa shape index (κ1) is 19.2. The zero-order valence-corrected chi connectivity index (χ0v) is 18.1. The van der Waals surface area contributed by atoms with Gasteiger partial charge in [-0.2, -0.15) is 10.2 Å². The van der Waals surface area contributed by atoms with Crippen molar-refractivity contribution in [2.75, 3.05) is 6.54 Å². The Bertz CT molecular complexity index is 1100. The lowest BCUT2D eigenvalue weighted by Gasteiger charge is -2.21. The summed E-state index contributed by atoms with van der Waals surface area (Å²) in [5.74, 6) is 1.69. The fraction of sp³-hybridized carbons (Fsp3) is 0.522. The molecule has 158 valence electrons. The van der Waals surface area contributed by atoms with Crippen molar-refractivity contribution in [2.24, 2.45) is 5.92 Å². The second-order valence-electron chi connectivity index (χ2n) is 9.70. The smallest absolute Gasteiger partial charge is 0.220 e. The van der Waals surface area contributed by atoms with Gasteiger partial charge in [0.1, 0.15) is 17.4 Å². The Labute approximate surface area is 176 Å². The molecule has 1 aliphatic heterocycles. The third-order valence-corrected chi connectivity index (χ3v) is 6.21. The molecular formula is C23H29N5O2. The maximum Gasteiger partial charge on any atom is 0.220 e. The standard InChI is InChI=1S/C23H29N5O2/c1-14(16-8-21(29)24-9-16)30-20-7-17(18-10-26-28(13-18)23(2,3)4)12-27-22(20)19(11-25-27)15-5-6-15/h7,10-16H,5-6,8-9H2,1-4H3,(H,24,29)/t14-,16-/m1/s1. The summed E-state index contributed by atoms with van der Waals surface area (Å²) >= 11 is 0. The van der Waals surface area contributed by atoms with E-state index < -0.39 is 0 Å². The highest BCUT2D eigenvalue weighted by atomic mass is 16.5. The molecule has 1 amide bonds. The summed E-state index contributed by atoms with van der Waals surface area (Å²) in [7, 11) is 0. The second kappa shape index (κ2) is 6.86. The first-order valence-electron chi connectivity index (χ1n) is 10.8. The van der Waals surface area contributed by atoms with Crippen LogP contribution >= 0.6 is 0 Å². The first-order valence-corrected chi connectivity index (χ1v) is 10.8. The zero-order chi connectivity index (χ0) is 21.0. The van der Waals surface area contributed by atoms with Crippen LogP contribution in [0, 0.1) is 5.92 Å². The van der Waals surface area contributed by atoms with Crippen LogP contribution in [-0.2, 0) is 10.3 Å². The second-order valence-corrected chi connectivity index (χ2v) is 9.70. The van der Waals surface area contributed by atoms with E-state index in [1.165, 1.54) is 18.4 Å². The van der Waals surface area contributed by atoms with Gasteiger partial charge in [0.05, 0.1) is 17.9 Å². The van der Waals surface area contributed by atoms with Gasteiger partial charge in [0.2, 0.25) is 5.91 Å². The Morgan fingerprint density at radius 2 is 1.97 bits per heavy atom. The predicted molar refractivity (Wildman–Crippen MR) is 115 cm³/mol. The third-order valence-electron chi connectivity index (χ3n) is 6.21. The molecule has 1 saturated carbocycles. The minimum Gasteiger partial charge on any atom is -0.488 e. The molecule has 5 rings (SSSR count). The molecule has 1 N–H and O–H groups in total. The molecule has 2 aliphatic rings. The van der Waals surface area contributed by atoms with Crippen LogP contribution in [0.15, 0.2) is 30.9 Å². The molecule has 1 aliphatic carbocycles. The van der Waals surface area contributed by atoms with Gasteiger partial charge in [0, 0.05) is 48.0 Å². The summed E-state index contributed by atoms with van der Waals surface area (Å²) < 4.78 is 10.4. The molecule has 30 heavy (non-hydrogen) atoms. The van der Waals surface area contributed by atoms with E-state index in [0.29, 0.717) is 18.9 Å². The van der Waals surface area contributed by atoms with Gasteiger partial charge in [-0.1, -0.05) is 0 Å². The molecule has 0 spiro atoms. The maximum absolute atomic E-state index is 11.7. The summed E-state index contributed by atoms with van der Waals surface area (Å²) in [5.41, 5.74) is 4.28. The van der Waals surface area contributed by atoms with Gasteiger partial charge < -0.3 is 10.1 Å². The largest absolute Gasteiger partial charge is 0.488 e. The summed E-state index contributed by atoms with van der Waals surface area (Å²) in [6.07, 6.45) is 10.9. The van der Waals surface area contributed by atoms with E-state index in [9.17, 15) is 4.79 Å². The van der Waals surface area contributed by atoms with Crippen molar-refractivity contribution in [1.29, 1.82) is 0 Å². The summed E-state index contributed by atoms with van der Waals surface area (Å²) in [6.45, 7) is 9.13. The van der Waals surface area contributed by atoms with Crippen LogP contribution < -0.4 is 10.1 Å². The minimum atomic E-state index is -0.0803. The van der Waals surface area contributed by atoms with Crippen molar-refractivity contribution in [3.05, 3.63) is 36.4 Å². The molecule has 0 radical (unpaired) electrons. The molecular weight excluding hydrogens is 378 g/mol. The molecule has 0 bridgehead atoms. The lowest BCUT2D eigenvalue weighted by Crippen LogP contribution is -2.25. The predicted octanol–water partition coefficient (Wildman–Crippen LogP) is 3.73. The molecule has 0 aromatic carbocycles. The number of aromatic nitrogens is 4. The number of nitrogens with zero attached hydrogens (tertiary/aromatic N) is 4. The maximum atomic E-state index is 11.7. The van der Waals surface area contributed by atoms with Crippen LogP contribution in [0.1, 0.15) is 58.4 Å². The number of carbonyl (C=O) groups is 1. The van der Waals surface area contributed by atoms with E-state index >= 15 is 0 Å². The van der Waals surface area contributed by atoms with Gasteiger partial charge >= 0.3 is 0 Å². The van der Waals surface area contributed by atoms with Crippen LogP contribution in [-0.4, -0.2) is 38.0 Å². The van der Waals surface area contributed by atoms with Gasteiger partial charge in [0.25, 0.3) is 0 Å². The van der Waals surface area contributed by atoms with Crippen LogP contribution in [0.3, 0.4) is 0 Å². The highest BCUT2D eigenvalue weighted by Gasteiger charge is 2.31. The summed E-state index contributed by atoms with van der Waals surface area (Å²) in [6, 6.07) is 2.10. The van der Waals surface area contributed by atoms with Gasteiger partial charge in [0.15, 0.2) is 0 Å². The fourth-order valence-corrected chi connectivity index (χ4v) is 4.14. The molecule has 7 nitrogen and oxygen atoms in total. The van der Waals surface area contributed by atoms with Crippen LogP contribution in [0.5, 0.6) is 5.75 Å². The van der Waals surface area contributed by atoms with Crippen molar-refractivity contribution >= 4 is 11.4 Å². The van der Waals surface area contributed by atoms with Crippen molar-refractivity contribution in [2.45, 2.75) is 64.5 Å². The number of nitrogens with one attached hydrogen (secondary N) is 1. The fourth-order valence-electron chi connectivity index (χ4n) is 4.14. The van der Waals surface area contributed by atoms with E-state index in [4.69, 9.17) is 4.74 Å². The number of rotatable bonds is 5. The number of hydrogen-bond acceptors (Lipinski definition) is 4. The third kappa shape index (κ3) is 3.46. The molecule has 0 unspecified atom stereocenters. The molecule has 1 saturated heterocycles. The minimum absolute atomic E-state index is 0.0674. The number of hydrogen-bond donors (Lipinski definition) is 1. The van der Waals surface area contributed by atoms with Crippen molar-refractivity contribution in [3.8, 4) is 16.9 Å². The van der Waals surface area contributed by atoms with Crippen LogP contribution in [0.2, 0.25) is 0 Å². The Morgan fingerprint density at radius 1 is 1.17 bits per heavy atom. The molecule has 2 fully saturated rings. The summed E-state index contributed by atoms with van der Waals surface area (Å²) in [5, 5.41) is 12.1. The topological polar surface area (TPSA) is 73.5 Å². The number of fused-ring (bicyclic) bond motifs is 1. The average Bonchev–Trinajstić information content (AvgIpc) is 3.10. The zero-order valence-electron chi connectivity index (χ0n) is 18.1. The molecule has 4 heterocycles. The van der Waals surface area contributed by atoms with E-state index in [1.807, 2.05) is 21.6 Å². The van der Waals surface area contributed by atoms with Crippen molar-refractivity contribution < 1.29 is 9.53 Å². The van der Waals surface area contributed by atoms with Crippen LogP contribution in [0.25, 0.3) is 16.6 Å². The van der Waals surface area contributed by atoms with Gasteiger partial charge in [-0.3, -0.25) is 9.48 Å². The van der Waals surface area contributed by atoms with E-state index in [-0.39, 0.29) is 23.5 Å². The Hall–Kier alpha value is -2.83. The highest BCUT2D eigenvalue weighted by molar-refractivity contribution is 5.78. The van der Waals surface area contributed by atoms with E-state index in [0.717, 1.165) is 22.4 Å². The SMILES string of the molecule is C[C@@H](Oc1cc(-c2cnn(C(C)(C)C)c2)cn2ncc(C3CC3)c12)[C@H]1CNC(=O)C1. The van der Waals surface area contributed by atoms with Crippen molar-refractivity contribution in [3.63, 3.8) is 0 Å². The normalized spacial score (nSPS) is 20.5. The lowest BCUT2D eigenvalue weighted by atomic mass is 10.0. The van der Waals surface area contributed by atoms with E-state index in [2.05, 4.69) is 61.7 Å². The van der Waals surface area contributed by atoms with Crippen LogP contribution in [0.4, 0.5) is 0 Å². The number of amides is 1. The Balaban J connectivity index is 1.55. The monoisotopic (exact) mass is 407 g/mol. The lowest BCUT2D eigenvalue weighted by molar-refractivity contribution is -0.119.